The average Bonchev–Trinajstić information content (AvgIpc) is 3.29. The van der Waals surface area contributed by atoms with Gasteiger partial charge in [-0.2, -0.15) is 10.2 Å². The molecule has 2 aromatic carbocycles. The number of halogens is 1. The molecule has 0 unspecified atom stereocenters. The van der Waals surface area contributed by atoms with Gasteiger partial charge in [0.1, 0.15) is 0 Å². The highest BCUT2D eigenvalue weighted by Gasteiger charge is 2.11. The topological polar surface area (TPSA) is 64.7 Å². The third-order valence-corrected chi connectivity index (χ3v) is 6.34. The molecule has 4 aromatic rings. The highest BCUT2D eigenvalue weighted by atomic mass is 79.9. The highest BCUT2D eigenvalue weighted by molar-refractivity contribution is 9.10. The van der Waals surface area contributed by atoms with Crippen LogP contribution in [-0.2, 0) is 13.1 Å². The van der Waals surface area contributed by atoms with Crippen LogP contribution < -0.4 is 5.32 Å². The van der Waals surface area contributed by atoms with Crippen molar-refractivity contribution in [3.63, 3.8) is 0 Å². The summed E-state index contributed by atoms with van der Waals surface area (Å²) in [5.74, 6) is 0.356. The predicted octanol–water partition coefficient (Wildman–Crippen LogP) is 5.12. The Balaban J connectivity index is 1.38. The fraction of sp³-hybridized carbons (Fsp3) is 0.208. The minimum absolute atomic E-state index is 0.180. The predicted molar refractivity (Wildman–Crippen MR) is 125 cm³/mol. The Morgan fingerprint density at radius 3 is 2.19 bits per heavy atom. The minimum atomic E-state index is -0.180. The number of nitrogens with one attached hydrogen (secondary N) is 1. The Morgan fingerprint density at radius 2 is 1.55 bits per heavy atom. The van der Waals surface area contributed by atoms with E-state index in [0.717, 1.165) is 27.0 Å². The number of carbonyl (C=O) groups is 1. The summed E-state index contributed by atoms with van der Waals surface area (Å²) in [6, 6.07) is 17.7. The zero-order valence-electron chi connectivity index (χ0n) is 17.8. The second kappa shape index (κ2) is 8.89. The van der Waals surface area contributed by atoms with Crippen LogP contribution in [0, 0.1) is 20.8 Å². The lowest BCUT2D eigenvalue weighted by atomic mass is 10.1. The molecule has 0 saturated carbocycles. The summed E-state index contributed by atoms with van der Waals surface area (Å²) < 4.78 is 4.80. The van der Waals surface area contributed by atoms with Crippen LogP contribution in [0.4, 0.5) is 5.82 Å². The molecule has 0 spiro atoms. The van der Waals surface area contributed by atoms with Gasteiger partial charge in [0.05, 0.1) is 29.0 Å². The maximum Gasteiger partial charge on any atom is 0.256 e. The zero-order valence-corrected chi connectivity index (χ0v) is 19.3. The van der Waals surface area contributed by atoms with Crippen molar-refractivity contribution in [3.05, 3.63) is 98.9 Å². The van der Waals surface area contributed by atoms with E-state index in [9.17, 15) is 4.79 Å². The van der Waals surface area contributed by atoms with Gasteiger partial charge < -0.3 is 5.32 Å². The zero-order chi connectivity index (χ0) is 22.0. The van der Waals surface area contributed by atoms with E-state index < -0.39 is 0 Å². The van der Waals surface area contributed by atoms with E-state index in [-0.39, 0.29) is 5.91 Å². The Bertz CT molecular complexity index is 1210. The fourth-order valence-corrected chi connectivity index (χ4v) is 3.63. The van der Waals surface area contributed by atoms with Crippen LogP contribution in [0.2, 0.25) is 0 Å². The largest absolute Gasteiger partial charge is 0.305 e. The maximum absolute atomic E-state index is 12.6. The molecule has 0 atom stereocenters. The average molecular weight is 478 g/mol. The van der Waals surface area contributed by atoms with Crippen LogP contribution in [-0.4, -0.2) is 25.5 Å². The molecule has 1 amide bonds. The van der Waals surface area contributed by atoms with Crippen molar-refractivity contribution in [1.29, 1.82) is 0 Å². The Labute approximate surface area is 190 Å². The highest BCUT2D eigenvalue weighted by Crippen LogP contribution is 2.21. The SMILES string of the molecule is Cc1ccc(Cn2ccc(NC(=O)c3ccc(Cn4nc(C)c(Br)c4C)cc3)n2)cc1. The molecule has 31 heavy (non-hydrogen) atoms. The van der Waals surface area contributed by atoms with Crippen LogP contribution >= 0.6 is 15.9 Å². The molecule has 0 saturated heterocycles. The number of aromatic nitrogens is 4. The molecule has 0 bridgehead atoms. The normalized spacial score (nSPS) is 11.0. The lowest BCUT2D eigenvalue weighted by Crippen LogP contribution is -2.13. The van der Waals surface area contributed by atoms with Gasteiger partial charge >= 0.3 is 0 Å². The summed E-state index contributed by atoms with van der Waals surface area (Å²) in [6.07, 6.45) is 1.87. The molecule has 2 heterocycles. The van der Waals surface area contributed by atoms with Gasteiger partial charge in [0, 0.05) is 17.8 Å². The summed E-state index contributed by atoms with van der Waals surface area (Å²) >= 11 is 3.55. The van der Waals surface area contributed by atoms with Crippen LogP contribution in [0.1, 0.15) is 38.4 Å². The molecule has 4 rings (SSSR count). The molecule has 7 heteroatoms. The molecule has 1 N–H and O–H groups in total. The molecule has 0 aliphatic heterocycles. The van der Waals surface area contributed by atoms with Crippen LogP contribution in [0.15, 0.2) is 65.3 Å². The van der Waals surface area contributed by atoms with Crippen LogP contribution in [0.5, 0.6) is 0 Å². The molecule has 0 fully saturated rings. The monoisotopic (exact) mass is 477 g/mol. The van der Waals surface area contributed by atoms with E-state index >= 15 is 0 Å². The third kappa shape index (κ3) is 4.94. The van der Waals surface area contributed by atoms with E-state index in [1.807, 2.05) is 53.7 Å². The van der Waals surface area contributed by atoms with Crippen molar-refractivity contribution in [2.24, 2.45) is 0 Å². The van der Waals surface area contributed by atoms with E-state index in [4.69, 9.17) is 0 Å². The minimum Gasteiger partial charge on any atom is -0.305 e. The van der Waals surface area contributed by atoms with E-state index in [2.05, 4.69) is 62.6 Å². The molecule has 0 aliphatic rings. The molecule has 6 nitrogen and oxygen atoms in total. The summed E-state index contributed by atoms with van der Waals surface area (Å²) in [6.45, 7) is 7.39. The van der Waals surface area contributed by atoms with Crippen molar-refractivity contribution in [2.75, 3.05) is 5.32 Å². The summed E-state index contributed by atoms with van der Waals surface area (Å²) in [4.78, 5) is 12.6. The lowest BCUT2D eigenvalue weighted by Gasteiger charge is -2.07. The first-order chi connectivity index (χ1) is 14.9. The number of hydrogen-bond acceptors (Lipinski definition) is 3. The second-order valence-electron chi connectivity index (χ2n) is 7.68. The number of anilines is 1. The van der Waals surface area contributed by atoms with Gasteiger partial charge in [-0.1, -0.05) is 42.0 Å². The lowest BCUT2D eigenvalue weighted by molar-refractivity contribution is 0.102. The van der Waals surface area contributed by atoms with Crippen LogP contribution in [0.3, 0.4) is 0 Å². The summed E-state index contributed by atoms with van der Waals surface area (Å²) in [5, 5.41) is 11.9. The Kier molecular flexibility index (Phi) is 6.04. The number of aryl methyl sites for hydroxylation is 2. The molecule has 0 aliphatic carbocycles. The molecular formula is C24H24BrN5O. The first-order valence-electron chi connectivity index (χ1n) is 10.1. The first kappa shape index (κ1) is 21.1. The van der Waals surface area contributed by atoms with Crippen molar-refractivity contribution < 1.29 is 4.79 Å². The van der Waals surface area contributed by atoms with Gasteiger partial charge in [0.15, 0.2) is 5.82 Å². The first-order valence-corrected chi connectivity index (χ1v) is 10.9. The molecule has 158 valence electrons. The quantitative estimate of drug-likeness (QED) is 0.419. The number of hydrogen-bond donors (Lipinski definition) is 1. The van der Waals surface area contributed by atoms with Gasteiger partial charge in [-0.3, -0.25) is 14.2 Å². The summed E-state index contributed by atoms with van der Waals surface area (Å²) in [5.41, 5.74) is 6.11. The Hall–Kier alpha value is -3.19. The van der Waals surface area contributed by atoms with Gasteiger partial charge in [0.2, 0.25) is 0 Å². The maximum atomic E-state index is 12.6. The summed E-state index contributed by atoms with van der Waals surface area (Å²) in [7, 11) is 0. The molecule has 2 aromatic heterocycles. The van der Waals surface area contributed by atoms with Crippen LogP contribution in [0.25, 0.3) is 0 Å². The van der Waals surface area contributed by atoms with Crippen molar-refractivity contribution >= 4 is 27.7 Å². The number of benzene rings is 2. The number of nitrogens with zero attached hydrogens (tertiary/aromatic N) is 4. The van der Waals surface area contributed by atoms with E-state index in [1.165, 1.54) is 5.56 Å². The molecule has 0 radical (unpaired) electrons. The van der Waals surface area contributed by atoms with Crippen molar-refractivity contribution in [2.45, 2.75) is 33.9 Å². The van der Waals surface area contributed by atoms with Gasteiger partial charge in [-0.15, -0.1) is 0 Å². The number of amides is 1. The number of rotatable bonds is 6. The van der Waals surface area contributed by atoms with Crippen molar-refractivity contribution in [3.8, 4) is 0 Å². The fourth-order valence-electron chi connectivity index (χ4n) is 3.35. The third-order valence-electron chi connectivity index (χ3n) is 5.19. The van der Waals surface area contributed by atoms with Gasteiger partial charge in [-0.05, 0) is 60.0 Å². The second-order valence-corrected chi connectivity index (χ2v) is 8.47. The Morgan fingerprint density at radius 1 is 0.903 bits per heavy atom. The van der Waals surface area contributed by atoms with Gasteiger partial charge in [0.25, 0.3) is 5.91 Å². The van der Waals surface area contributed by atoms with Crippen molar-refractivity contribution in [1.82, 2.24) is 19.6 Å². The standard InChI is InChI=1S/C24H24BrN5O/c1-16-4-6-19(7-5-16)14-29-13-12-22(28-29)26-24(31)21-10-8-20(9-11-21)15-30-18(3)23(25)17(2)27-30/h4-13H,14-15H2,1-3H3,(H,26,28,31). The number of carbonyl (C=O) groups excluding carboxylic acids is 1. The smallest absolute Gasteiger partial charge is 0.256 e. The van der Waals surface area contributed by atoms with Gasteiger partial charge in [-0.25, -0.2) is 0 Å². The molecular weight excluding hydrogens is 454 g/mol. The van der Waals surface area contributed by atoms with E-state index in [0.29, 0.717) is 24.5 Å². The van der Waals surface area contributed by atoms with E-state index in [1.54, 1.807) is 6.07 Å².